The predicted molar refractivity (Wildman–Crippen MR) is 68.8 cm³/mol. The van der Waals surface area contributed by atoms with Crippen molar-refractivity contribution in [3.8, 4) is 0 Å². The van der Waals surface area contributed by atoms with Crippen LogP contribution in [-0.4, -0.2) is 35.2 Å². The van der Waals surface area contributed by atoms with Gasteiger partial charge in [-0.1, -0.05) is 12.1 Å². The second kappa shape index (κ2) is 7.01. The summed E-state index contributed by atoms with van der Waals surface area (Å²) in [5.41, 5.74) is 1.66. The summed E-state index contributed by atoms with van der Waals surface area (Å²) in [7, 11) is 0. The van der Waals surface area contributed by atoms with Gasteiger partial charge in [-0.25, -0.2) is 0 Å². The Morgan fingerprint density at radius 2 is 2.11 bits per heavy atom. The first-order valence-electron chi connectivity index (χ1n) is 6.07. The Morgan fingerprint density at radius 1 is 1.42 bits per heavy atom. The number of carbonyl (C=O) groups excluding carboxylic acids is 2. The zero-order valence-electron chi connectivity index (χ0n) is 11.0. The van der Waals surface area contributed by atoms with Crippen molar-refractivity contribution in [2.45, 2.75) is 32.5 Å². The van der Waals surface area contributed by atoms with Gasteiger partial charge in [-0.2, -0.15) is 0 Å². The topological polar surface area (TPSA) is 83.8 Å². The molecule has 5 nitrogen and oxygen atoms in total. The van der Waals surface area contributed by atoms with Gasteiger partial charge in [0.25, 0.3) is 0 Å². The van der Waals surface area contributed by atoms with Crippen LogP contribution < -0.4 is 0 Å². The average Bonchev–Trinajstić information content (AvgIpc) is 2.37. The molecule has 1 rings (SSSR count). The van der Waals surface area contributed by atoms with Gasteiger partial charge in [0, 0.05) is 5.56 Å². The Kier molecular flexibility index (Phi) is 5.66. The van der Waals surface area contributed by atoms with Crippen molar-refractivity contribution in [2.75, 3.05) is 6.61 Å². The fourth-order valence-corrected chi connectivity index (χ4v) is 1.81. The lowest BCUT2D eigenvalue weighted by Crippen LogP contribution is -2.23. The number of carbonyl (C=O) groups is 2. The Bertz CT molecular complexity index is 455. The molecule has 0 heterocycles. The molecule has 0 aliphatic rings. The number of benzene rings is 1. The van der Waals surface area contributed by atoms with Crippen LogP contribution in [0.5, 0.6) is 0 Å². The Morgan fingerprint density at radius 3 is 2.63 bits per heavy atom. The van der Waals surface area contributed by atoms with E-state index in [1.165, 1.54) is 0 Å². The fraction of sp³-hybridized carbons (Fsp3) is 0.429. The number of esters is 1. The van der Waals surface area contributed by atoms with E-state index in [-0.39, 0.29) is 13.0 Å². The normalized spacial score (nSPS) is 13.7. The molecule has 2 atom stereocenters. The molecule has 0 aromatic heterocycles. The van der Waals surface area contributed by atoms with Crippen LogP contribution in [0.4, 0.5) is 0 Å². The lowest BCUT2D eigenvalue weighted by molar-refractivity contribution is -0.147. The molecule has 0 fully saturated rings. The molecule has 0 aliphatic carbocycles. The number of aryl methyl sites for hydroxylation is 1. The first-order chi connectivity index (χ1) is 8.99. The van der Waals surface area contributed by atoms with Gasteiger partial charge >= 0.3 is 5.97 Å². The summed E-state index contributed by atoms with van der Waals surface area (Å²) in [5.74, 6) is -0.559. The van der Waals surface area contributed by atoms with Crippen LogP contribution in [0.25, 0.3) is 0 Å². The maximum absolute atomic E-state index is 11.2. The van der Waals surface area contributed by atoms with E-state index in [4.69, 9.17) is 4.74 Å². The van der Waals surface area contributed by atoms with Gasteiger partial charge in [-0.3, -0.25) is 9.59 Å². The van der Waals surface area contributed by atoms with Crippen LogP contribution in [0.1, 0.15) is 40.9 Å². The molecule has 0 amide bonds. The standard InChI is InChI=1S/C14H18O5/c1-3-19-13(17)7-12(16)14(18)11-5-4-10(8-15)6-9(11)2/h4-6,8,12,14,16,18H,3,7H2,1-2H3. The van der Waals surface area contributed by atoms with Crippen molar-refractivity contribution in [1.82, 2.24) is 0 Å². The summed E-state index contributed by atoms with van der Waals surface area (Å²) in [6.07, 6.45) is -1.99. The van der Waals surface area contributed by atoms with Crippen molar-refractivity contribution in [2.24, 2.45) is 0 Å². The van der Waals surface area contributed by atoms with Gasteiger partial charge in [0.2, 0.25) is 0 Å². The van der Waals surface area contributed by atoms with E-state index in [2.05, 4.69) is 0 Å². The van der Waals surface area contributed by atoms with Crippen LogP contribution in [0.3, 0.4) is 0 Å². The summed E-state index contributed by atoms with van der Waals surface area (Å²) >= 11 is 0. The van der Waals surface area contributed by atoms with Gasteiger partial charge in [0.1, 0.15) is 12.4 Å². The molecule has 0 aliphatic heterocycles. The Labute approximate surface area is 111 Å². The maximum Gasteiger partial charge on any atom is 0.308 e. The summed E-state index contributed by atoms with van der Waals surface area (Å²) in [5, 5.41) is 19.8. The number of hydrogen-bond acceptors (Lipinski definition) is 5. The number of ether oxygens (including phenoxy) is 1. The fourth-order valence-electron chi connectivity index (χ4n) is 1.81. The third kappa shape index (κ3) is 4.15. The maximum atomic E-state index is 11.2. The summed E-state index contributed by atoms with van der Waals surface area (Å²) in [4.78, 5) is 21.9. The van der Waals surface area contributed by atoms with Crippen molar-refractivity contribution in [3.05, 3.63) is 34.9 Å². The van der Waals surface area contributed by atoms with Gasteiger partial charge < -0.3 is 14.9 Å². The Balaban J connectivity index is 2.79. The van der Waals surface area contributed by atoms with Crippen molar-refractivity contribution in [3.63, 3.8) is 0 Å². The van der Waals surface area contributed by atoms with Gasteiger partial charge in [0.05, 0.1) is 19.1 Å². The molecule has 2 N–H and O–H groups in total. The first kappa shape index (κ1) is 15.3. The van der Waals surface area contributed by atoms with Crippen LogP contribution >= 0.6 is 0 Å². The molecule has 0 saturated carbocycles. The molecule has 19 heavy (non-hydrogen) atoms. The largest absolute Gasteiger partial charge is 0.466 e. The van der Waals surface area contributed by atoms with Crippen LogP contribution in [0, 0.1) is 6.92 Å². The number of aliphatic hydroxyl groups excluding tert-OH is 2. The van der Waals surface area contributed by atoms with E-state index < -0.39 is 18.2 Å². The SMILES string of the molecule is CCOC(=O)CC(O)C(O)c1ccc(C=O)cc1C. The quantitative estimate of drug-likeness (QED) is 0.596. The smallest absolute Gasteiger partial charge is 0.308 e. The molecule has 1 aromatic rings. The predicted octanol–water partition coefficient (Wildman–Crippen LogP) is 1.16. The van der Waals surface area contributed by atoms with Crippen LogP contribution in [0.15, 0.2) is 18.2 Å². The van der Waals surface area contributed by atoms with Crippen molar-refractivity contribution < 1.29 is 24.5 Å². The highest BCUT2D eigenvalue weighted by Crippen LogP contribution is 2.23. The highest BCUT2D eigenvalue weighted by molar-refractivity contribution is 5.75. The second-order valence-electron chi connectivity index (χ2n) is 4.26. The first-order valence-corrected chi connectivity index (χ1v) is 6.07. The van der Waals surface area contributed by atoms with E-state index in [9.17, 15) is 19.8 Å². The highest BCUT2D eigenvalue weighted by atomic mass is 16.5. The van der Waals surface area contributed by atoms with Crippen LogP contribution in [-0.2, 0) is 9.53 Å². The van der Waals surface area contributed by atoms with Crippen molar-refractivity contribution in [1.29, 1.82) is 0 Å². The lowest BCUT2D eigenvalue weighted by atomic mass is 9.96. The van der Waals surface area contributed by atoms with Crippen molar-refractivity contribution >= 4 is 12.3 Å². The lowest BCUT2D eigenvalue weighted by Gasteiger charge is -2.19. The molecule has 2 unspecified atom stereocenters. The summed E-state index contributed by atoms with van der Waals surface area (Å²) in [6, 6.07) is 4.73. The monoisotopic (exact) mass is 266 g/mol. The number of aldehydes is 1. The van der Waals surface area contributed by atoms with Gasteiger partial charge in [0.15, 0.2) is 0 Å². The summed E-state index contributed by atoms with van der Waals surface area (Å²) < 4.78 is 4.71. The van der Waals surface area contributed by atoms with Gasteiger partial charge in [-0.05, 0) is 31.0 Å². The number of rotatable bonds is 6. The van der Waals surface area contributed by atoms with E-state index in [0.717, 1.165) is 0 Å². The number of hydrogen-bond donors (Lipinski definition) is 2. The molecule has 1 aromatic carbocycles. The van der Waals surface area contributed by atoms with Crippen LogP contribution in [0.2, 0.25) is 0 Å². The molecular formula is C14H18O5. The molecular weight excluding hydrogens is 248 g/mol. The highest BCUT2D eigenvalue weighted by Gasteiger charge is 2.23. The number of aliphatic hydroxyl groups is 2. The van der Waals surface area contributed by atoms with E-state index in [1.54, 1.807) is 32.0 Å². The minimum atomic E-state index is -1.24. The second-order valence-corrected chi connectivity index (χ2v) is 4.26. The summed E-state index contributed by atoms with van der Waals surface area (Å²) in [6.45, 7) is 3.63. The zero-order valence-corrected chi connectivity index (χ0v) is 11.0. The molecule has 5 heteroatoms. The van der Waals surface area contributed by atoms with E-state index in [0.29, 0.717) is 23.0 Å². The molecule has 0 bridgehead atoms. The van der Waals surface area contributed by atoms with Gasteiger partial charge in [-0.15, -0.1) is 0 Å². The molecule has 104 valence electrons. The zero-order chi connectivity index (χ0) is 14.4. The molecule has 0 saturated heterocycles. The van der Waals surface area contributed by atoms with E-state index in [1.807, 2.05) is 0 Å². The Hall–Kier alpha value is -1.72. The molecule has 0 spiro atoms. The minimum absolute atomic E-state index is 0.231. The van der Waals surface area contributed by atoms with E-state index >= 15 is 0 Å². The third-order valence-corrected chi connectivity index (χ3v) is 2.79. The average molecular weight is 266 g/mol. The third-order valence-electron chi connectivity index (χ3n) is 2.79. The minimum Gasteiger partial charge on any atom is -0.466 e. The molecule has 0 radical (unpaired) electrons.